The van der Waals surface area contributed by atoms with Gasteiger partial charge in [-0.1, -0.05) is 0 Å². The third-order valence-corrected chi connectivity index (χ3v) is 2.12. The first-order valence-electron chi connectivity index (χ1n) is 4.00. The molecule has 1 aliphatic rings. The summed E-state index contributed by atoms with van der Waals surface area (Å²) in [5.41, 5.74) is 1.22. The van der Waals surface area contributed by atoms with E-state index in [1.807, 2.05) is 0 Å². The molecular weight excluding hydrogens is 160 g/mol. The van der Waals surface area contributed by atoms with E-state index in [-0.39, 0.29) is 0 Å². The Kier molecular flexibility index (Phi) is 1.71. The van der Waals surface area contributed by atoms with Gasteiger partial charge in [-0.3, -0.25) is 0 Å². The van der Waals surface area contributed by atoms with Crippen LogP contribution in [0.2, 0.25) is 0 Å². The minimum absolute atomic E-state index is 0.487. The quantitative estimate of drug-likeness (QED) is 0.628. The highest BCUT2D eigenvalue weighted by Gasteiger charge is 2.15. The van der Waals surface area contributed by atoms with Gasteiger partial charge in [0.25, 0.3) is 0 Å². The summed E-state index contributed by atoms with van der Waals surface area (Å²) < 4.78 is 25.8. The third kappa shape index (κ3) is 1.05. The van der Waals surface area contributed by atoms with Gasteiger partial charge in [0.15, 0.2) is 11.6 Å². The van der Waals surface area contributed by atoms with Crippen molar-refractivity contribution in [2.24, 2.45) is 0 Å². The summed E-state index contributed by atoms with van der Waals surface area (Å²) in [5, 5.41) is 3.02. The van der Waals surface area contributed by atoms with Crippen LogP contribution in [0.3, 0.4) is 0 Å². The third-order valence-electron chi connectivity index (χ3n) is 2.12. The number of benzene rings is 1. The molecule has 1 heterocycles. The lowest BCUT2D eigenvalue weighted by atomic mass is 10.0. The van der Waals surface area contributed by atoms with E-state index in [9.17, 15) is 8.78 Å². The maximum absolute atomic E-state index is 13.1. The standard InChI is InChI=1S/C9H9F2N/c10-7-3-4-8-6(9(7)11)2-1-5-12-8/h3-4,12H,1-2,5H2. The van der Waals surface area contributed by atoms with Gasteiger partial charge in [-0.25, -0.2) is 8.78 Å². The number of fused-ring (bicyclic) bond motifs is 1. The zero-order valence-electron chi connectivity index (χ0n) is 6.53. The van der Waals surface area contributed by atoms with Crippen molar-refractivity contribution in [1.82, 2.24) is 0 Å². The van der Waals surface area contributed by atoms with Gasteiger partial charge in [-0.15, -0.1) is 0 Å². The molecule has 1 aliphatic heterocycles. The fraction of sp³-hybridized carbons (Fsp3) is 0.333. The molecule has 0 saturated carbocycles. The van der Waals surface area contributed by atoms with Crippen molar-refractivity contribution >= 4 is 5.69 Å². The molecule has 0 unspecified atom stereocenters. The number of rotatable bonds is 0. The Morgan fingerprint density at radius 2 is 2.08 bits per heavy atom. The average molecular weight is 169 g/mol. The molecule has 64 valence electrons. The Morgan fingerprint density at radius 3 is 2.92 bits per heavy atom. The number of halogens is 2. The lowest BCUT2D eigenvalue weighted by Gasteiger charge is -2.18. The van der Waals surface area contributed by atoms with Gasteiger partial charge in [0.2, 0.25) is 0 Å². The summed E-state index contributed by atoms with van der Waals surface area (Å²) in [6.45, 7) is 0.845. The maximum atomic E-state index is 13.1. The van der Waals surface area contributed by atoms with E-state index >= 15 is 0 Å². The van der Waals surface area contributed by atoms with Crippen LogP contribution in [0.1, 0.15) is 12.0 Å². The van der Waals surface area contributed by atoms with Crippen molar-refractivity contribution in [2.75, 3.05) is 11.9 Å². The topological polar surface area (TPSA) is 12.0 Å². The van der Waals surface area contributed by atoms with Gasteiger partial charge in [0, 0.05) is 17.8 Å². The molecular formula is C9H9F2N. The summed E-state index contributed by atoms with van der Waals surface area (Å²) in [6, 6.07) is 2.75. The highest BCUT2D eigenvalue weighted by atomic mass is 19.2. The summed E-state index contributed by atoms with van der Waals surface area (Å²) in [4.78, 5) is 0. The Balaban J connectivity index is 2.54. The van der Waals surface area contributed by atoms with Crippen LogP contribution in [0.5, 0.6) is 0 Å². The zero-order chi connectivity index (χ0) is 8.55. The molecule has 3 heteroatoms. The normalized spacial score (nSPS) is 15.2. The van der Waals surface area contributed by atoms with E-state index in [0.717, 1.165) is 24.7 Å². The first kappa shape index (κ1) is 7.53. The van der Waals surface area contributed by atoms with Gasteiger partial charge in [0.1, 0.15) is 0 Å². The first-order valence-corrected chi connectivity index (χ1v) is 4.00. The second kappa shape index (κ2) is 2.73. The van der Waals surface area contributed by atoms with Gasteiger partial charge >= 0.3 is 0 Å². The summed E-state index contributed by atoms with van der Waals surface area (Å²) >= 11 is 0. The van der Waals surface area contributed by atoms with Crippen LogP contribution in [0.4, 0.5) is 14.5 Å². The van der Waals surface area contributed by atoms with E-state index < -0.39 is 11.6 Å². The summed E-state index contributed by atoms with van der Waals surface area (Å²) in [6.07, 6.45) is 1.50. The molecule has 0 radical (unpaired) electrons. The molecule has 0 aromatic heterocycles. The molecule has 0 fully saturated rings. The van der Waals surface area contributed by atoms with E-state index in [0.29, 0.717) is 12.0 Å². The van der Waals surface area contributed by atoms with Gasteiger partial charge in [-0.2, -0.15) is 0 Å². The Hall–Kier alpha value is -1.12. The molecule has 1 nitrogen and oxygen atoms in total. The van der Waals surface area contributed by atoms with Crippen molar-refractivity contribution < 1.29 is 8.78 Å². The molecule has 0 amide bonds. The number of hydrogen-bond donors (Lipinski definition) is 1. The SMILES string of the molecule is Fc1ccc2c(c1F)CCCN2. The monoisotopic (exact) mass is 169 g/mol. The van der Waals surface area contributed by atoms with Crippen molar-refractivity contribution in [3.05, 3.63) is 29.3 Å². The second-order valence-electron chi connectivity index (χ2n) is 2.92. The Morgan fingerprint density at radius 1 is 1.25 bits per heavy atom. The fourth-order valence-electron chi connectivity index (χ4n) is 1.49. The van der Waals surface area contributed by atoms with Gasteiger partial charge < -0.3 is 5.32 Å². The van der Waals surface area contributed by atoms with Crippen molar-refractivity contribution in [3.8, 4) is 0 Å². The number of hydrogen-bond acceptors (Lipinski definition) is 1. The largest absolute Gasteiger partial charge is 0.385 e. The van der Waals surface area contributed by atoms with Gasteiger partial charge in [0.05, 0.1) is 0 Å². The fourth-order valence-corrected chi connectivity index (χ4v) is 1.49. The Labute approximate surface area is 69.4 Å². The molecule has 0 bridgehead atoms. The molecule has 0 saturated heterocycles. The van der Waals surface area contributed by atoms with E-state index in [4.69, 9.17) is 0 Å². The molecule has 1 aromatic carbocycles. The van der Waals surface area contributed by atoms with Crippen LogP contribution >= 0.6 is 0 Å². The predicted octanol–water partition coefficient (Wildman–Crippen LogP) is 2.32. The van der Waals surface area contributed by atoms with Crippen LogP contribution in [0.15, 0.2) is 12.1 Å². The molecule has 1 N–H and O–H groups in total. The lowest BCUT2D eigenvalue weighted by molar-refractivity contribution is 0.496. The van der Waals surface area contributed by atoms with Crippen LogP contribution in [-0.2, 0) is 6.42 Å². The summed E-state index contributed by atoms with van der Waals surface area (Å²) in [5.74, 6) is -1.45. The number of anilines is 1. The predicted molar refractivity (Wildman–Crippen MR) is 43.2 cm³/mol. The number of nitrogens with one attached hydrogen (secondary N) is 1. The first-order chi connectivity index (χ1) is 5.79. The van der Waals surface area contributed by atoms with Crippen molar-refractivity contribution in [2.45, 2.75) is 12.8 Å². The smallest absolute Gasteiger partial charge is 0.164 e. The highest BCUT2D eigenvalue weighted by Crippen LogP contribution is 2.25. The van der Waals surface area contributed by atoms with Crippen molar-refractivity contribution in [1.29, 1.82) is 0 Å². The molecule has 0 atom stereocenters. The lowest BCUT2D eigenvalue weighted by Crippen LogP contribution is -2.13. The molecule has 1 aromatic rings. The maximum Gasteiger partial charge on any atom is 0.164 e. The van der Waals surface area contributed by atoms with E-state index in [1.54, 1.807) is 6.07 Å². The van der Waals surface area contributed by atoms with E-state index in [2.05, 4.69) is 5.32 Å². The molecule has 12 heavy (non-hydrogen) atoms. The Bertz CT molecular complexity index is 310. The van der Waals surface area contributed by atoms with Crippen molar-refractivity contribution in [3.63, 3.8) is 0 Å². The van der Waals surface area contributed by atoms with Crippen LogP contribution in [-0.4, -0.2) is 6.54 Å². The minimum atomic E-state index is -0.752. The molecule has 2 rings (SSSR count). The van der Waals surface area contributed by atoms with Crippen LogP contribution in [0, 0.1) is 11.6 Å². The average Bonchev–Trinajstić information content (AvgIpc) is 2.12. The highest BCUT2D eigenvalue weighted by molar-refractivity contribution is 5.53. The zero-order valence-corrected chi connectivity index (χ0v) is 6.53. The summed E-state index contributed by atoms with van der Waals surface area (Å²) in [7, 11) is 0. The van der Waals surface area contributed by atoms with Crippen LogP contribution in [0.25, 0.3) is 0 Å². The molecule has 0 spiro atoms. The van der Waals surface area contributed by atoms with Crippen LogP contribution < -0.4 is 5.32 Å². The minimum Gasteiger partial charge on any atom is -0.385 e. The molecule has 0 aliphatic carbocycles. The van der Waals surface area contributed by atoms with Gasteiger partial charge in [-0.05, 0) is 25.0 Å². The second-order valence-corrected chi connectivity index (χ2v) is 2.92. The van der Waals surface area contributed by atoms with E-state index in [1.165, 1.54) is 0 Å².